The molecule has 0 radical (unpaired) electrons. The first-order valence-electron chi connectivity index (χ1n) is 8.26. The lowest BCUT2D eigenvalue weighted by Crippen LogP contribution is -2.37. The molecule has 1 fully saturated rings. The van der Waals surface area contributed by atoms with Crippen molar-refractivity contribution >= 4 is 21.9 Å². The Balaban J connectivity index is 1.93. The minimum atomic E-state index is -3.66. The molecule has 0 bridgehead atoms. The number of sulfonamides is 1. The molecule has 0 spiro atoms. The first kappa shape index (κ1) is 19.4. The molecule has 1 aromatic heterocycles. The summed E-state index contributed by atoms with van der Waals surface area (Å²) >= 11 is 0. The quantitative estimate of drug-likeness (QED) is 0.651. The van der Waals surface area contributed by atoms with Crippen molar-refractivity contribution in [2.45, 2.75) is 31.2 Å². The Morgan fingerprint density at radius 3 is 2.60 bits per heavy atom. The summed E-state index contributed by atoms with van der Waals surface area (Å²) in [6, 6.07) is 0. The van der Waals surface area contributed by atoms with Gasteiger partial charge < -0.3 is 14.2 Å². The minimum absolute atomic E-state index is 0.0112. The van der Waals surface area contributed by atoms with Crippen molar-refractivity contribution in [3.05, 3.63) is 12.5 Å². The summed E-state index contributed by atoms with van der Waals surface area (Å²) in [5.41, 5.74) is 0. The predicted octanol–water partition coefficient (Wildman–Crippen LogP) is -0.0136. The topological polar surface area (TPSA) is 102 Å². The molecular formula is C15H24N4O5S. The van der Waals surface area contributed by atoms with Crippen LogP contribution < -0.4 is 0 Å². The molecular weight excluding hydrogens is 348 g/mol. The molecule has 0 atom stereocenters. The number of rotatable bonds is 6. The van der Waals surface area contributed by atoms with Gasteiger partial charge in [0.05, 0.1) is 19.4 Å². The zero-order chi connectivity index (χ0) is 18.4. The number of ether oxygens (including phenoxy) is 1. The second-order valence-electron chi connectivity index (χ2n) is 5.82. The molecule has 140 valence electrons. The number of carbonyl (C=O) groups excluding carboxylic acids is 2. The van der Waals surface area contributed by atoms with E-state index in [-0.39, 0.29) is 36.9 Å². The van der Waals surface area contributed by atoms with E-state index in [1.807, 2.05) is 0 Å². The predicted molar refractivity (Wildman–Crippen MR) is 89.0 cm³/mol. The summed E-state index contributed by atoms with van der Waals surface area (Å²) < 4.78 is 32.9. The lowest BCUT2D eigenvalue weighted by atomic mass is 10.2. The number of carbonyl (C=O) groups is 2. The van der Waals surface area contributed by atoms with Crippen molar-refractivity contribution in [2.24, 2.45) is 7.05 Å². The number of nitrogens with zero attached hydrogens (tertiary/aromatic N) is 4. The molecule has 1 aliphatic rings. The van der Waals surface area contributed by atoms with Crippen molar-refractivity contribution in [3.63, 3.8) is 0 Å². The number of imidazole rings is 1. The second kappa shape index (κ2) is 8.43. The van der Waals surface area contributed by atoms with Crippen molar-refractivity contribution < 1.29 is 22.7 Å². The maximum absolute atomic E-state index is 12.6. The van der Waals surface area contributed by atoms with Gasteiger partial charge in [0, 0.05) is 45.8 Å². The third kappa shape index (κ3) is 5.02. The molecule has 25 heavy (non-hydrogen) atoms. The van der Waals surface area contributed by atoms with Crippen LogP contribution >= 0.6 is 0 Å². The summed E-state index contributed by atoms with van der Waals surface area (Å²) in [5.74, 6) is -0.560. The fourth-order valence-corrected chi connectivity index (χ4v) is 4.07. The Morgan fingerprint density at radius 2 is 1.96 bits per heavy atom. The van der Waals surface area contributed by atoms with E-state index in [2.05, 4.69) is 4.98 Å². The van der Waals surface area contributed by atoms with E-state index < -0.39 is 16.0 Å². The van der Waals surface area contributed by atoms with Gasteiger partial charge in [0.25, 0.3) is 10.0 Å². The highest BCUT2D eigenvalue weighted by atomic mass is 32.2. The molecule has 0 aromatic carbocycles. The maximum Gasteiger partial charge on any atom is 0.306 e. The second-order valence-corrected chi connectivity index (χ2v) is 7.71. The summed E-state index contributed by atoms with van der Waals surface area (Å²) in [4.78, 5) is 29.1. The monoisotopic (exact) mass is 372 g/mol. The highest BCUT2D eigenvalue weighted by molar-refractivity contribution is 7.89. The number of hydrogen-bond donors (Lipinski definition) is 0. The van der Waals surface area contributed by atoms with Gasteiger partial charge in [-0.1, -0.05) is 0 Å². The average molecular weight is 372 g/mol. The normalized spacial score (nSPS) is 16.5. The van der Waals surface area contributed by atoms with Crippen molar-refractivity contribution in [1.29, 1.82) is 0 Å². The highest BCUT2D eigenvalue weighted by Crippen LogP contribution is 2.16. The fourth-order valence-electron chi connectivity index (χ4n) is 2.64. The van der Waals surface area contributed by atoms with Crippen LogP contribution in [0.1, 0.15) is 26.2 Å². The molecule has 2 rings (SSSR count). The standard InChI is InChI=1S/C15H24N4O5S/c1-3-24-15(21)6-5-14(20)18-7-4-8-19(10-9-18)25(22,23)13-11-17(2)12-16-13/h11-12H,3-10H2,1-2H3. The highest BCUT2D eigenvalue weighted by Gasteiger charge is 2.29. The molecule has 1 aliphatic heterocycles. The Labute approximate surface area is 147 Å². The molecule has 0 saturated carbocycles. The largest absolute Gasteiger partial charge is 0.466 e. The van der Waals surface area contributed by atoms with Gasteiger partial charge in [-0.3, -0.25) is 9.59 Å². The van der Waals surface area contributed by atoms with Gasteiger partial charge in [-0.15, -0.1) is 0 Å². The maximum atomic E-state index is 12.6. The zero-order valence-electron chi connectivity index (χ0n) is 14.5. The van der Waals surface area contributed by atoms with Crippen LogP contribution in [0.3, 0.4) is 0 Å². The lowest BCUT2D eigenvalue weighted by molar-refractivity contribution is -0.145. The van der Waals surface area contributed by atoms with Gasteiger partial charge in [-0.05, 0) is 13.3 Å². The van der Waals surface area contributed by atoms with Crippen molar-refractivity contribution in [2.75, 3.05) is 32.8 Å². The van der Waals surface area contributed by atoms with Crippen LogP contribution in [0.25, 0.3) is 0 Å². The van der Waals surface area contributed by atoms with Crippen LogP contribution in [0.2, 0.25) is 0 Å². The number of amides is 1. The first-order valence-corrected chi connectivity index (χ1v) is 9.70. The van der Waals surface area contributed by atoms with E-state index in [9.17, 15) is 18.0 Å². The average Bonchev–Trinajstić information content (AvgIpc) is 2.85. The van der Waals surface area contributed by atoms with Crippen LogP contribution in [0.4, 0.5) is 0 Å². The molecule has 9 nitrogen and oxygen atoms in total. The van der Waals surface area contributed by atoms with E-state index >= 15 is 0 Å². The van der Waals surface area contributed by atoms with Crippen molar-refractivity contribution in [1.82, 2.24) is 18.8 Å². The van der Waals surface area contributed by atoms with Gasteiger partial charge >= 0.3 is 5.97 Å². The minimum Gasteiger partial charge on any atom is -0.466 e. The summed E-state index contributed by atoms with van der Waals surface area (Å²) in [6.07, 6.45) is 3.56. The molecule has 2 heterocycles. The van der Waals surface area contributed by atoms with Gasteiger partial charge in [0.15, 0.2) is 5.03 Å². The Kier molecular flexibility index (Phi) is 6.54. The zero-order valence-corrected chi connectivity index (χ0v) is 15.4. The van der Waals surface area contributed by atoms with E-state index in [0.717, 1.165) is 0 Å². The molecule has 1 saturated heterocycles. The SMILES string of the molecule is CCOC(=O)CCC(=O)N1CCCN(S(=O)(=O)c2cn(C)cn2)CC1. The third-order valence-electron chi connectivity index (χ3n) is 3.94. The van der Waals surface area contributed by atoms with E-state index in [0.29, 0.717) is 26.1 Å². The number of aromatic nitrogens is 2. The third-order valence-corrected chi connectivity index (χ3v) is 5.73. The van der Waals surface area contributed by atoms with Gasteiger partial charge in [0.2, 0.25) is 5.91 Å². The summed E-state index contributed by atoms with van der Waals surface area (Å²) in [6.45, 7) is 3.32. The van der Waals surface area contributed by atoms with E-state index in [4.69, 9.17) is 4.74 Å². The van der Waals surface area contributed by atoms with Crippen LogP contribution in [0.5, 0.6) is 0 Å². The number of hydrogen-bond acceptors (Lipinski definition) is 6. The molecule has 0 N–H and O–H groups in total. The molecule has 1 amide bonds. The summed E-state index contributed by atoms with van der Waals surface area (Å²) in [5, 5.41) is 0.0112. The van der Waals surface area contributed by atoms with Gasteiger partial charge in [-0.2, -0.15) is 4.31 Å². The van der Waals surface area contributed by atoms with E-state index in [1.54, 1.807) is 23.4 Å². The fraction of sp³-hybridized carbons (Fsp3) is 0.667. The molecule has 1 aromatic rings. The van der Waals surface area contributed by atoms with Gasteiger partial charge in [0.1, 0.15) is 0 Å². The number of aryl methyl sites for hydroxylation is 1. The van der Waals surface area contributed by atoms with Gasteiger partial charge in [-0.25, -0.2) is 13.4 Å². The smallest absolute Gasteiger partial charge is 0.306 e. The molecule has 10 heteroatoms. The van der Waals surface area contributed by atoms with Crippen LogP contribution in [0, 0.1) is 0 Å². The van der Waals surface area contributed by atoms with Crippen LogP contribution in [-0.2, 0) is 31.4 Å². The Hall–Kier alpha value is -1.94. The van der Waals surface area contributed by atoms with E-state index in [1.165, 1.54) is 16.8 Å². The first-order chi connectivity index (χ1) is 11.8. The molecule has 0 aliphatic carbocycles. The van der Waals surface area contributed by atoms with Crippen molar-refractivity contribution in [3.8, 4) is 0 Å². The summed E-state index contributed by atoms with van der Waals surface area (Å²) in [7, 11) is -1.95. The molecule has 0 unspecified atom stereocenters. The number of esters is 1. The Morgan fingerprint density at radius 1 is 1.20 bits per heavy atom. The lowest BCUT2D eigenvalue weighted by Gasteiger charge is -2.21. The Bertz CT molecular complexity index is 715. The van der Waals surface area contributed by atoms with Crippen LogP contribution in [-0.4, -0.2) is 71.8 Å². The van der Waals surface area contributed by atoms with Crippen LogP contribution in [0.15, 0.2) is 17.6 Å².